The highest BCUT2D eigenvalue weighted by Gasteiger charge is 2.27. The van der Waals surface area contributed by atoms with Gasteiger partial charge in [-0.3, -0.25) is 14.5 Å². The van der Waals surface area contributed by atoms with E-state index in [2.05, 4.69) is 50.4 Å². The van der Waals surface area contributed by atoms with E-state index in [0.717, 1.165) is 30.8 Å². The first-order valence-electron chi connectivity index (χ1n) is 10.6. The monoisotopic (exact) mass is 416 g/mol. The number of nitrogens with zero attached hydrogens (tertiary/aromatic N) is 2. The van der Waals surface area contributed by atoms with E-state index in [1.54, 1.807) is 6.07 Å². The number of carbonyl (C=O) groups excluding carboxylic acids is 2. The average Bonchev–Trinajstić information content (AvgIpc) is 3.19. The molecule has 1 unspecified atom stereocenters. The fourth-order valence-corrected chi connectivity index (χ4v) is 4.21. The van der Waals surface area contributed by atoms with Gasteiger partial charge in [-0.05, 0) is 54.3 Å². The van der Waals surface area contributed by atoms with E-state index >= 15 is 0 Å². The maximum atomic E-state index is 12.5. The largest absolute Gasteiger partial charge is 0.353 e. The Morgan fingerprint density at radius 1 is 1.00 bits per heavy atom. The van der Waals surface area contributed by atoms with Gasteiger partial charge in [-0.2, -0.15) is 0 Å². The molecule has 2 N–H and O–H groups in total. The summed E-state index contributed by atoms with van der Waals surface area (Å²) in [7, 11) is 2.01. The fourth-order valence-electron chi connectivity index (χ4n) is 4.21. The summed E-state index contributed by atoms with van der Waals surface area (Å²) in [5.41, 5.74) is 5.44. The topological polar surface area (TPSA) is 66.4 Å². The molecule has 1 aliphatic rings. The number of hydrogen-bond acceptors (Lipinski definition) is 3. The van der Waals surface area contributed by atoms with Crippen LogP contribution in [0.4, 0.5) is 5.69 Å². The van der Waals surface area contributed by atoms with Crippen molar-refractivity contribution in [2.75, 3.05) is 18.4 Å². The van der Waals surface area contributed by atoms with Crippen molar-refractivity contribution in [2.45, 2.75) is 25.9 Å². The number of hydrogen-bond donors (Lipinski definition) is 2. The average molecular weight is 417 g/mol. The highest BCUT2D eigenvalue weighted by molar-refractivity contribution is 6.39. The van der Waals surface area contributed by atoms with Crippen LogP contribution in [0.15, 0.2) is 66.9 Å². The molecule has 2 aromatic carbocycles. The van der Waals surface area contributed by atoms with Gasteiger partial charge in [-0.15, -0.1) is 0 Å². The lowest BCUT2D eigenvalue weighted by atomic mass is 9.98. The smallest absolute Gasteiger partial charge is 0.313 e. The summed E-state index contributed by atoms with van der Waals surface area (Å²) in [5.74, 6) is -1.28. The van der Waals surface area contributed by atoms with Gasteiger partial charge in [0.25, 0.3) is 0 Å². The van der Waals surface area contributed by atoms with E-state index in [1.165, 1.54) is 11.1 Å². The van der Waals surface area contributed by atoms with Crippen molar-refractivity contribution in [1.29, 1.82) is 0 Å². The van der Waals surface area contributed by atoms with Crippen LogP contribution in [0.3, 0.4) is 0 Å². The van der Waals surface area contributed by atoms with Crippen molar-refractivity contribution in [1.82, 2.24) is 14.8 Å². The Balaban J connectivity index is 1.45. The molecule has 1 aliphatic heterocycles. The summed E-state index contributed by atoms with van der Waals surface area (Å²) in [5, 5.41) is 5.52. The molecular weight excluding hydrogens is 388 g/mol. The number of fused-ring (bicyclic) bond motifs is 1. The molecule has 0 fully saturated rings. The van der Waals surface area contributed by atoms with Crippen LogP contribution < -0.4 is 10.6 Å². The van der Waals surface area contributed by atoms with Gasteiger partial charge in [0.1, 0.15) is 0 Å². The Kier molecular flexibility index (Phi) is 6.18. The molecule has 0 spiro atoms. The summed E-state index contributed by atoms with van der Waals surface area (Å²) in [4.78, 5) is 27.3. The van der Waals surface area contributed by atoms with E-state index < -0.39 is 11.8 Å². The molecule has 160 valence electrons. The van der Waals surface area contributed by atoms with Crippen LogP contribution >= 0.6 is 0 Å². The third-order valence-corrected chi connectivity index (χ3v) is 5.86. The highest BCUT2D eigenvalue weighted by Crippen LogP contribution is 2.27. The van der Waals surface area contributed by atoms with Crippen molar-refractivity contribution in [2.24, 2.45) is 7.05 Å². The van der Waals surface area contributed by atoms with Crippen LogP contribution in [0.1, 0.15) is 28.4 Å². The highest BCUT2D eigenvalue weighted by atomic mass is 16.2. The van der Waals surface area contributed by atoms with Gasteiger partial charge in [-0.25, -0.2) is 0 Å². The summed E-state index contributed by atoms with van der Waals surface area (Å²) in [6.07, 6.45) is 2.98. The zero-order valence-corrected chi connectivity index (χ0v) is 18.0. The molecule has 0 bridgehead atoms. The second-order valence-corrected chi connectivity index (χ2v) is 8.08. The van der Waals surface area contributed by atoms with E-state index in [9.17, 15) is 9.59 Å². The first kappa shape index (κ1) is 20.9. The summed E-state index contributed by atoms with van der Waals surface area (Å²) < 4.78 is 2.07. The number of aromatic nitrogens is 1. The molecule has 31 heavy (non-hydrogen) atoms. The molecule has 6 nitrogen and oxygen atoms in total. The Bertz CT molecular complexity index is 1090. The molecular formula is C25H28N4O2. The normalized spacial score (nSPS) is 14.5. The molecule has 0 radical (unpaired) electrons. The van der Waals surface area contributed by atoms with E-state index in [1.807, 2.05) is 44.4 Å². The summed E-state index contributed by atoms with van der Waals surface area (Å²) >= 11 is 0. The minimum atomic E-state index is -0.653. The van der Waals surface area contributed by atoms with Crippen molar-refractivity contribution in [3.63, 3.8) is 0 Å². The number of amides is 2. The molecule has 2 amide bonds. The predicted octanol–water partition coefficient (Wildman–Crippen LogP) is 3.19. The Morgan fingerprint density at radius 2 is 1.81 bits per heavy atom. The molecule has 3 aromatic rings. The third-order valence-electron chi connectivity index (χ3n) is 5.86. The molecule has 4 rings (SSSR count). The Hall–Kier alpha value is -3.38. The zero-order chi connectivity index (χ0) is 21.8. The lowest BCUT2D eigenvalue weighted by molar-refractivity contribution is -0.136. The van der Waals surface area contributed by atoms with Gasteiger partial charge >= 0.3 is 11.8 Å². The van der Waals surface area contributed by atoms with Gasteiger partial charge < -0.3 is 15.2 Å². The molecule has 0 saturated heterocycles. The van der Waals surface area contributed by atoms with E-state index in [-0.39, 0.29) is 6.04 Å². The van der Waals surface area contributed by atoms with Crippen molar-refractivity contribution >= 4 is 17.5 Å². The van der Waals surface area contributed by atoms with Crippen LogP contribution in [0, 0.1) is 6.92 Å². The molecule has 0 aliphatic carbocycles. The summed E-state index contributed by atoms with van der Waals surface area (Å²) in [6.45, 7) is 4.02. The van der Waals surface area contributed by atoms with Gasteiger partial charge in [0, 0.05) is 44.3 Å². The Labute approximate surface area is 182 Å². The maximum absolute atomic E-state index is 12.5. The number of nitrogens with one attached hydrogen (secondary N) is 2. The van der Waals surface area contributed by atoms with Crippen LogP contribution in [0.25, 0.3) is 0 Å². The van der Waals surface area contributed by atoms with Gasteiger partial charge in [0.15, 0.2) is 0 Å². The Morgan fingerprint density at radius 3 is 2.55 bits per heavy atom. The minimum Gasteiger partial charge on any atom is -0.353 e. The second kappa shape index (κ2) is 9.18. The zero-order valence-electron chi connectivity index (χ0n) is 18.0. The van der Waals surface area contributed by atoms with Crippen LogP contribution in [-0.4, -0.2) is 34.4 Å². The number of rotatable bonds is 5. The second-order valence-electron chi connectivity index (χ2n) is 8.08. The predicted molar refractivity (Wildman–Crippen MR) is 122 cm³/mol. The van der Waals surface area contributed by atoms with E-state index in [0.29, 0.717) is 12.2 Å². The van der Waals surface area contributed by atoms with Gasteiger partial charge in [0.2, 0.25) is 0 Å². The lowest BCUT2D eigenvalue weighted by Crippen LogP contribution is -2.44. The molecule has 2 heterocycles. The molecule has 0 saturated carbocycles. The standard InChI is InChI=1S/C25H28N4O2/c1-18-7-5-10-21(15-18)27-25(31)24(30)26-16-23(22-11-6-13-28(22)2)29-14-12-19-8-3-4-9-20(19)17-29/h3-11,13,15,23H,12,14,16-17H2,1-2H3,(H,26,30)(H,27,31). The van der Waals surface area contributed by atoms with Crippen LogP contribution in [0.5, 0.6) is 0 Å². The number of benzene rings is 2. The lowest BCUT2D eigenvalue weighted by Gasteiger charge is -2.36. The molecule has 6 heteroatoms. The first-order chi connectivity index (χ1) is 15.0. The molecule has 1 atom stereocenters. The van der Waals surface area contributed by atoms with Gasteiger partial charge in [-0.1, -0.05) is 36.4 Å². The van der Waals surface area contributed by atoms with Crippen molar-refractivity contribution in [3.05, 3.63) is 89.2 Å². The van der Waals surface area contributed by atoms with Gasteiger partial charge in [0.05, 0.1) is 6.04 Å². The quantitative estimate of drug-likeness (QED) is 0.628. The van der Waals surface area contributed by atoms with Crippen LogP contribution in [0.2, 0.25) is 0 Å². The molecule has 1 aromatic heterocycles. The number of aryl methyl sites for hydroxylation is 2. The van der Waals surface area contributed by atoms with Crippen LogP contribution in [-0.2, 0) is 29.6 Å². The minimum absolute atomic E-state index is 0.0240. The fraction of sp³-hybridized carbons (Fsp3) is 0.280. The SMILES string of the molecule is Cc1cccc(NC(=O)C(=O)NCC(c2cccn2C)N2CCc3ccccc3C2)c1. The number of anilines is 1. The first-order valence-corrected chi connectivity index (χ1v) is 10.6. The third kappa shape index (κ3) is 4.86. The number of carbonyl (C=O) groups is 2. The van der Waals surface area contributed by atoms with Crippen molar-refractivity contribution in [3.8, 4) is 0 Å². The van der Waals surface area contributed by atoms with Crippen molar-refractivity contribution < 1.29 is 9.59 Å². The maximum Gasteiger partial charge on any atom is 0.313 e. The van der Waals surface area contributed by atoms with E-state index in [4.69, 9.17) is 0 Å². The summed E-state index contributed by atoms with van der Waals surface area (Å²) in [6, 6.07) is 20.0.